The number of aromatic nitrogens is 1. The molecule has 4 nitrogen and oxygen atoms in total. The van der Waals surface area contributed by atoms with E-state index in [0.717, 1.165) is 21.0 Å². The summed E-state index contributed by atoms with van der Waals surface area (Å²) >= 11 is 3.52. The highest BCUT2D eigenvalue weighted by atomic mass is 79.9. The van der Waals surface area contributed by atoms with Gasteiger partial charge in [0.15, 0.2) is 8.32 Å². The van der Waals surface area contributed by atoms with Gasteiger partial charge in [0.25, 0.3) is 10.0 Å². The molecule has 0 atom stereocenters. The Balaban J connectivity index is 1.99. The second-order valence-corrected chi connectivity index (χ2v) is 16.8. The lowest BCUT2D eigenvalue weighted by Crippen LogP contribution is -2.41. The van der Waals surface area contributed by atoms with Gasteiger partial charge in [-0.25, -0.2) is 12.4 Å². The van der Waals surface area contributed by atoms with Crippen molar-refractivity contribution in [3.63, 3.8) is 0 Å². The van der Waals surface area contributed by atoms with Gasteiger partial charge in [0.1, 0.15) is 0 Å². The Labute approximate surface area is 189 Å². The van der Waals surface area contributed by atoms with E-state index >= 15 is 0 Å². The van der Waals surface area contributed by atoms with E-state index in [4.69, 9.17) is 4.43 Å². The fourth-order valence-corrected chi connectivity index (χ4v) is 5.89. The molecule has 0 saturated heterocycles. The largest absolute Gasteiger partial charge is 0.416 e. The Bertz CT molecular complexity index is 1160. The highest BCUT2D eigenvalue weighted by Gasteiger charge is 2.37. The molecule has 1 heterocycles. The molecule has 0 amide bonds. The number of rotatable bonds is 6. The SMILES string of the molecule is Cc1ccc(S(=O)(=O)n2cc(CCO[Si](C)(C)C(C)(C)C)c3cc(Br)ccc32)cc1. The first kappa shape index (κ1) is 23.3. The van der Waals surface area contributed by atoms with Gasteiger partial charge in [-0.1, -0.05) is 54.4 Å². The maximum atomic E-state index is 13.3. The lowest BCUT2D eigenvalue weighted by atomic mass is 10.1. The van der Waals surface area contributed by atoms with Gasteiger partial charge in [-0.05, 0) is 67.4 Å². The van der Waals surface area contributed by atoms with Gasteiger partial charge in [0.05, 0.1) is 10.4 Å². The molecule has 0 unspecified atom stereocenters. The van der Waals surface area contributed by atoms with Gasteiger partial charge in [-0.15, -0.1) is 0 Å². The van der Waals surface area contributed by atoms with E-state index in [1.807, 2.05) is 37.3 Å². The predicted octanol–water partition coefficient (Wildman–Crippen LogP) is 6.51. The van der Waals surface area contributed by atoms with Gasteiger partial charge in [-0.2, -0.15) is 0 Å². The minimum atomic E-state index is -3.68. The van der Waals surface area contributed by atoms with E-state index in [-0.39, 0.29) is 9.93 Å². The Kier molecular flexibility index (Phi) is 6.40. The van der Waals surface area contributed by atoms with E-state index in [1.165, 1.54) is 3.97 Å². The Morgan fingerprint density at radius 3 is 2.30 bits per heavy atom. The third kappa shape index (κ3) is 4.59. The molecular weight excluding hydrogens is 478 g/mol. The molecule has 0 saturated carbocycles. The first-order chi connectivity index (χ1) is 13.8. The second kappa shape index (κ2) is 8.26. The average Bonchev–Trinajstić information content (AvgIpc) is 2.99. The zero-order valence-electron chi connectivity index (χ0n) is 18.5. The van der Waals surface area contributed by atoms with Crippen LogP contribution in [0.4, 0.5) is 0 Å². The van der Waals surface area contributed by atoms with Crippen molar-refractivity contribution in [2.75, 3.05) is 6.61 Å². The van der Waals surface area contributed by atoms with Crippen molar-refractivity contribution in [3.05, 3.63) is 64.3 Å². The summed E-state index contributed by atoms with van der Waals surface area (Å²) in [6, 6.07) is 12.7. The van der Waals surface area contributed by atoms with Crippen molar-refractivity contribution in [1.82, 2.24) is 3.97 Å². The monoisotopic (exact) mass is 507 g/mol. The summed E-state index contributed by atoms with van der Waals surface area (Å²) in [5.74, 6) is 0. The second-order valence-electron chi connectivity index (χ2n) is 9.29. The van der Waals surface area contributed by atoms with Crippen molar-refractivity contribution in [3.8, 4) is 0 Å². The van der Waals surface area contributed by atoms with Gasteiger partial charge in [0, 0.05) is 22.7 Å². The number of hydrogen-bond donors (Lipinski definition) is 0. The lowest BCUT2D eigenvalue weighted by molar-refractivity contribution is 0.292. The number of aryl methyl sites for hydroxylation is 1. The molecule has 0 bridgehead atoms. The molecule has 3 aromatic rings. The zero-order valence-corrected chi connectivity index (χ0v) is 21.9. The molecule has 2 aromatic carbocycles. The molecule has 0 aliphatic carbocycles. The van der Waals surface area contributed by atoms with Crippen LogP contribution in [0.25, 0.3) is 10.9 Å². The number of halogens is 1. The van der Waals surface area contributed by atoms with Gasteiger partial charge >= 0.3 is 0 Å². The summed E-state index contributed by atoms with van der Waals surface area (Å²) in [5.41, 5.74) is 2.68. The topological polar surface area (TPSA) is 48.3 Å². The van der Waals surface area contributed by atoms with Crippen LogP contribution < -0.4 is 0 Å². The van der Waals surface area contributed by atoms with Crippen LogP contribution in [0, 0.1) is 6.92 Å². The highest BCUT2D eigenvalue weighted by Crippen LogP contribution is 2.37. The fourth-order valence-electron chi connectivity index (χ4n) is 3.09. The Morgan fingerprint density at radius 2 is 1.70 bits per heavy atom. The van der Waals surface area contributed by atoms with Crippen LogP contribution in [0.2, 0.25) is 18.1 Å². The third-order valence-electron chi connectivity index (χ3n) is 6.03. The Morgan fingerprint density at radius 1 is 1.07 bits per heavy atom. The number of hydrogen-bond acceptors (Lipinski definition) is 3. The van der Waals surface area contributed by atoms with Crippen LogP contribution in [0.15, 0.2) is 58.0 Å². The third-order valence-corrected chi connectivity index (χ3v) is 12.8. The van der Waals surface area contributed by atoms with Gasteiger partial charge in [-0.3, -0.25) is 0 Å². The van der Waals surface area contributed by atoms with E-state index in [9.17, 15) is 8.42 Å². The van der Waals surface area contributed by atoms with Crippen molar-refractivity contribution in [1.29, 1.82) is 0 Å². The van der Waals surface area contributed by atoms with Crippen molar-refractivity contribution >= 4 is 45.2 Å². The van der Waals surface area contributed by atoms with Gasteiger partial charge < -0.3 is 4.43 Å². The number of benzene rings is 2. The van der Waals surface area contributed by atoms with Crippen molar-refractivity contribution in [2.24, 2.45) is 0 Å². The lowest BCUT2D eigenvalue weighted by Gasteiger charge is -2.36. The smallest absolute Gasteiger partial charge is 0.268 e. The highest BCUT2D eigenvalue weighted by molar-refractivity contribution is 9.10. The molecule has 7 heteroatoms. The predicted molar refractivity (Wildman–Crippen MR) is 130 cm³/mol. The molecule has 0 spiro atoms. The van der Waals surface area contributed by atoms with Crippen molar-refractivity contribution in [2.45, 2.75) is 57.1 Å². The summed E-state index contributed by atoms with van der Waals surface area (Å²) in [7, 11) is -5.54. The van der Waals surface area contributed by atoms with Crippen LogP contribution in [0.3, 0.4) is 0 Å². The van der Waals surface area contributed by atoms with Crippen LogP contribution >= 0.6 is 15.9 Å². The molecule has 162 valence electrons. The van der Waals surface area contributed by atoms with Crippen LogP contribution in [0.1, 0.15) is 31.9 Å². The normalized spacial score (nSPS) is 13.2. The van der Waals surface area contributed by atoms with Crippen LogP contribution in [-0.4, -0.2) is 27.3 Å². The standard InChI is InChI=1S/C23H30BrNO3SSi/c1-17-7-10-20(11-8-17)29(26,27)25-16-18(21-15-19(24)9-12-22(21)25)13-14-28-30(5,6)23(2,3)4/h7-12,15-16H,13-14H2,1-6H3. The van der Waals surface area contributed by atoms with Crippen molar-refractivity contribution < 1.29 is 12.8 Å². The quantitative estimate of drug-likeness (QED) is 0.357. The minimum Gasteiger partial charge on any atom is -0.416 e. The maximum absolute atomic E-state index is 13.3. The molecular formula is C23H30BrNO3SSi. The number of fused-ring (bicyclic) bond motifs is 1. The van der Waals surface area contributed by atoms with E-state index in [2.05, 4.69) is 49.8 Å². The average molecular weight is 509 g/mol. The van der Waals surface area contributed by atoms with E-state index < -0.39 is 18.3 Å². The molecule has 30 heavy (non-hydrogen) atoms. The summed E-state index contributed by atoms with van der Waals surface area (Å²) < 4.78 is 35.4. The zero-order chi connectivity index (χ0) is 22.3. The van der Waals surface area contributed by atoms with Crippen LogP contribution in [-0.2, 0) is 20.9 Å². The molecule has 1 aromatic heterocycles. The summed E-state index contributed by atoms with van der Waals surface area (Å²) in [6.07, 6.45) is 2.41. The first-order valence-electron chi connectivity index (χ1n) is 10.1. The van der Waals surface area contributed by atoms with E-state index in [1.54, 1.807) is 18.3 Å². The first-order valence-corrected chi connectivity index (χ1v) is 15.2. The summed E-state index contributed by atoms with van der Waals surface area (Å²) in [6.45, 7) is 13.6. The minimum absolute atomic E-state index is 0.138. The van der Waals surface area contributed by atoms with Gasteiger partial charge in [0.2, 0.25) is 0 Å². The molecule has 0 aliphatic rings. The Hall–Kier alpha value is -1.41. The summed E-state index contributed by atoms with van der Waals surface area (Å²) in [5, 5.41) is 1.07. The van der Waals surface area contributed by atoms with Crippen LogP contribution in [0.5, 0.6) is 0 Å². The fraction of sp³-hybridized carbons (Fsp3) is 0.391. The molecule has 0 fully saturated rings. The molecule has 0 radical (unpaired) electrons. The molecule has 0 N–H and O–H groups in total. The number of nitrogens with zero attached hydrogens (tertiary/aromatic N) is 1. The molecule has 0 aliphatic heterocycles. The summed E-state index contributed by atoms with van der Waals surface area (Å²) in [4.78, 5) is 0.289. The molecule has 3 rings (SSSR count). The maximum Gasteiger partial charge on any atom is 0.268 e. The van der Waals surface area contributed by atoms with E-state index in [0.29, 0.717) is 18.5 Å².